The molecule has 0 spiro atoms. The van der Waals surface area contributed by atoms with E-state index in [-0.39, 0.29) is 16.9 Å². The molecule has 0 unspecified atom stereocenters. The summed E-state index contributed by atoms with van der Waals surface area (Å²) in [6, 6.07) is 12.7. The summed E-state index contributed by atoms with van der Waals surface area (Å²) in [5.74, 6) is -0.407. The van der Waals surface area contributed by atoms with Crippen LogP contribution in [-0.4, -0.2) is 11.0 Å². The minimum Gasteiger partial charge on any atom is -0.508 e. The molecule has 0 aliphatic rings. The van der Waals surface area contributed by atoms with E-state index in [1.807, 2.05) is 37.3 Å². The zero-order valence-electron chi connectivity index (χ0n) is 16.4. The first-order valence-electron chi connectivity index (χ1n) is 9.69. The van der Waals surface area contributed by atoms with E-state index in [1.165, 1.54) is 6.42 Å². The van der Waals surface area contributed by atoms with Gasteiger partial charge in [-0.05, 0) is 49.6 Å². The summed E-state index contributed by atoms with van der Waals surface area (Å²) in [5.41, 5.74) is 8.99. The number of nitrogens with two attached hydrogens (primary N) is 1. The summed E-state index contributed by atoms with van der Waals surface area (Å²) in [5, 5.41) is 11.1. The van der Waals surface area contributed by atoms with E-state index in [2.05, 4.69) is 11.9 Å². The second-order valence-corrected chi connectivity index (χ2v) is 7.11. The number of phenols is 1. The topological polar surface area (TPSA) is 88.8 Å². The van der Waals surface area contributed by atoms with Crippen LogP contribution in [0.25, 0.3) is 11.0 Å². The Morgan fingerprint density at radius 2 is 1.86 bits per heavy atom. The van der Waals surface area contributed by atoms with Crippen molar-refractivity contribution in [1.82, 2.24) is 0 Å². The first-order chi connectivity index (χ1) is 13.5. The Balaban J connectivity index is 2.05. The number of carbonyl (C=O) groups is 1. The molecule has 3 aromatic rings. The fourth-order valence-electron chi connectivity index (χ4n) is 3.15. The number of benzene rings is 2. The quantitative estimate of drug-likeness (QED) is 0.573. The van der Waals surface area contributed by atoms with Gasteiger partial charge in [0.1, 0.15) is 16.9 Å². The number of carbonyl (C=O) groups excluding carboxylic acids is 1. The van der Waals surface area contributed by atoms with Crippen LogP contribution < -0.4 is 11.3 Å². The van der Waals surface area contributed by atoms with Gasteiger partial charge in [-0.3, -0.25) is 4.79 Å². The summed E-state index contributed by atoms with van der Waals surface area (Å²) < 4.78 is 5.84. The van der Waals surface area contributed by atoms with Crippen molar-refractivity contribution in [1.29, 1.82) is 0 Å². The molecule has 0 fully saturated rings. The van der Waals surface area contributed by atoms with E-state index in [4.69, 9.17) is 10.2 Å². The van der Waals surface area contributed by atoms with Crippen LogP contribution in [0.1, 0.15) is 54.1 Å². The summed E-state index contributed by atoms with van der Waals surface area (Å²) in [7, 11) is 0. The van der Waals surface area contributed by atoms with Crippen molar-refractivity contribution in [3.8, 4) is 5.75 Å². The van der Waals surface area contributed by atoms with E-state index in [0.717, 1.165) is 42.2 Å². The fourth-order valence-corrected chi connectivity index (χ4v) is 3.15. The highest BCUT2D eigenvalue weighted by atomic mass is 16.3. The molecule has 0 aliphatic heterocycles. The molecule has 1 heterocycles. The van der Waals surface area contributed by atoms with Crippen LogP contribution in [0.3, 0.4) is 0 Å². The lowest BCUT2D eigenvalue weighted by molar-refractivity contribution is 0.0996. The smallest absolute Gasteiger partial charge is 0.254 e. The van der Waals surface area contributed by atoms with Gasteiger partial charge in [-0.15, -0.1) is 0 Å². The number of amides is 1. The highest BCUT2D eigenvalue weighted by molar-refractivity contribution is 5.95. The van der Waals surface area contributed by atoms with Gasteiger partial charge in [0.05, 0.1) is 5.69 Å². The lowest BCUT2D eigenvalue weighted by atomic mass is 10.0. The third-order valence-electron chi connectivity index (χ3n) is 4.78. The Morgan fingerprint density at radius 3 is 2.54 bits per heavy atom. The van der Waals surface area contributed by atoms with Crippen LogP contribution in [0.4, 0.5) is 5.69 Å². The summed E-state index contributed by atoms with van der Waals surface area (Å²) in [6.45, 7) is 4.15. The van der Waals surface area contributed by atoms with Crippen molar-refractivity contribution in [2.24, 2.45) is 10.7 Å². The number of rotatable bonds is 7. The summed E-state index contributed by atoms with van der Waals surface area (Å²) in [4.78, 5) is 16.4. The Morgan fingerprint density at radius 1 is 1.11 bits per heavy atom. The highest BCUT2D eigenvalue weighted by Crippen LogP contribution is 2.26. The van der Waals surface area contributed by atoms with Crippen molar-refractivity contribution in [2.75, 3.05) is 0 Å². The lowest BCUT2D eigenvalue weighted by Crippen LogP contribution is -2.21. The number of aryl methyl sites for hydroxylation is 2. The molecule has 0 atom stereocenters. The van der Waals surface area contributed by atoms with E-state index in [9.17, 15) is 9.90 Å². The molecule has 3 N–H and O–H groups in total. The maximum Gasteiger partial charge on any atom is 0.254 e. The largest absolute Gasteiger partial charge is 0.508 e. The minimum atomic E-state index is -0.603. The predicted octanol–water partition coefficient (Wildman–Crippen LogP) is 4.90. The average molecular weight is 378 g/mol. The van der Waals surface area contributed by atoms with Gasteiger partial charge in [0, 0.05) is 11.5 Å². The molecule has 2 aromatic carbocycles. The molecule has 5 nitrogen and oxygen atoms in total. The molecule has 0 radical (unpaired) electrons. The highest BCUT2D eigenvalue weighted by Gasteiger charge is 2.12. The molecule has 3 rings (SSSR count). The van der Waals surface area contributed by atoms with E-state index >= 15 is 0 Å². The van der Waals surface area contributed by atoms with Gasteiger partial charge in [-0.2, -0.15) is 0 Å². The number of aromatic hydroxyl groups is 1. The summed E-state index contributed by atoms with van der Waals surface area (Å²) >= 11 is 0. The number of phenolic OH excluding ortho intramolecular Hbond substituents is 1. The standard InChI is InChI=1S/C23H26N2O3/c1-3-4-5-6-7-16-12-17-13-19(22(24)27)23(28-21(17)14-20(16)26)25-18-10-8-15(2)9-11-18/h8-14,26H,3-7H2,1-2H3,(H2,24,27). The molecule has 28 heavy (non-hydrogen) atoms. The second-order valence-electron chi connectivity index (χ2n) is 7.11. The van der Waals surface area contributed by atoms with Crippen molar-refractivity contribution in [2.45, 2.75) is 46.0 Å². The van der Waals surface area contributed by atoms with E-state index in [1.54, 1.807) is 12.1 Å². The molecule has 146 valence electrons. The van der Waals surface area contributed by atoms with Crippen molar-refractivity contribution in [3.05, 3.63) is 64.7 Å². The van der Waals surface area contributed by atoms with Crippen molar-refractivity contribution in [3.63, 3.8) is 0 Å². The third kappa shape index (κ3) is 4.60. The number of unbranched alkanes of at least 4 members (excludes halogenated alkanes) is 3. The van der Waals surface area contributed by atoms with Gasteiger partial charge < -0.3 is 15.3 Å². The lowest BCUT2D eigenvalue weighted by Gasteiger charge is -2.08. The first kappa shape index (κ1) is 19.7. The Kier molecular flexibility index (Phi) is 6.14. The molecular weight excluding hydrogens is 352 g/mol. The molecular formula is C23H26N2O3. The normalized spacial score (nSPS) is 11.9. The number of fused-ring (bicyclic) bond motifs is 1. The SMILES string of the molecule is CCCCCCc1cc2cc(C(N)=O)c(=Nc3ccc(C)cc3)oc2cc1O. The Labute approximate surface area is 164 Å². The van der Waals surface area contributed by atoms with E-state index < -0.39 is 5.91 Å². The maximum absolute atomic E-state index is 12.0. The second kappa shape index (κ2) is 8.74. The van der Waals surface area contributed by atoms with Gasteiger partial charge in [-0.25, -0.2) is 4.99 Å². The molecule has 1 aromatic heterocycles. The predicted molar refractivity (Wildman–Crippen MR) is 111 cm³/mol. The third-order valence-corrected chi connectivity index (χ3v) is 4.78. The van der Waals surface area contributed by atoms with Crippen LogP contribution in [0, 0.1) is 6.92 Å². The van der Waals surface area contributed by atoms with Gasteiger partial charge >= 0.3 is 0 Å². The number of hydrogen-bond donors (Lipinski definition) is 2. The van der Waals surface area contributed by atoms with Gasteiger partial charge in [0.15, 0.2) is 0 Å². The number of hydrogen-bond acceptors (Lipinski definition) is 4. The van der Waals surface area contributed by atoms with Crippen LogP contribution in [0.2, 0.25) is 0 Å². The molecule has 0 bridgehead atoms. The number of primary amides is 1. The zero-order chi connectivity index (χ0) is 20.1. The van der Waals surface area contributed by atoms with Gasteiger partial charge in [-0.1, -0.05) is 43.9 Å². The van der Waals surface area contributed by atoms with Gasteiger partial charge in [0.25, 0.3) is 5.91 Å². The van der Waals surface area contributed by atoms with Crippen LogP contribution >= 0.6 is 0 Å². The van der Waals surface area contributed by atoms with E-state index in [0.29, 0.717) is 11.3 Å². The zero-order valence-corrected chi connectivity index (χ0v) is 16.4. The number of nitrogens with zero attached hydrogens (tertiary/aromatic N) is 1. The van der Waals surface area contributed by atoms with Crippen molar-refractivity contribution >= 4 is 22.6 Å². The minimum absolute atomic E-state index is 0.138. The summed E-state index contributed by atoms with van der Waals surface area (Å²) in [6.07, 6.45) is 5.26. The Bertz CT molecular complexity index is 1050. The molecule has 1 amide bonds. The molecule has 5 heteroatoms. The molecule has 0 saturated heterocycles. The van der Waals surface area contributed by atoms with Crippen LogP contribution in [0.15, 0.2) is 51.9 Å². The van der Waals surface area contributed by atoms with Crippen LogP contribution in [0.5, 0.6) is 5.75 Å². The molecule has 0 saturated carbocycles. The van der Waals surface area contributed by atoms with Crippen LogP contribution in [-0.2, 0) is 6.42 Å². The Hall–Kier alpha value is -3.08. The monoisotopic (exact) mass is 378 g/mol. The fraction of sp³-hybridized carbons (Fsp3) is 0.304. The van der Waals surface area contributed by atoms with Crippen molar-refractivity contribution < 1.29 is 14.3 Å². The first-order valence-corrected chi connectivity index (χ1v) is 9.69. The average Bonchev–Trinajstić information content (AvgIpc) is 2.67. The maximum atomic E-state index is 12.0. The van der Waals surface area contributed by atoms with Gasteiger partial charge in [0.2, 0.25) is 5.55 Å². The molecule has 0 aliphatic carbocycles.